The van der Waals surface area contributed by atoms with Crippen molar-refractivity contribution < 1.29 is 9.59 Å². The van der Waals surface area contributed by atoms with Crippen molar-refractivity contribution in [3.8, 4) is 0 Å². The van der Waals surface area contributed by atoms with Crippen LogP contribution >= 0.6 is 0 Å². The lowest BCUT2D eigenvalue weighted by Gasteiger charge is -2.33. The van der Waals surface area contributed by atoms with Gasteiger partial charge in [-0.1, -0.05) is 57.0 Å². The number of nitrogens with zero attached hydrogens (tertiary/aromatic N) is 1. The van der Waals surface area contributed by atoms with E-state index in [4.69, 9.17) is 0 Å². The van der Waals surface area contributed by atoms with Gasteiger partial charge in [-0.3, -0.25) is 9.59 Å². The summed E-state index contributed by atoms with van der Waals surface area (Å²) in [6.07, 6.45) is 0.902. The highest BCUT2D eigenvalue weighted by molar-refractivity contribution is 6.10. The first kappa shape index (κ1) is 21.8. The van der Waals surface area contributed by atoms with Crippen molar-refractivity contribution in [1.29, 1.82) is 0 Å². The lowest BCUT2D eigenvalue weighted by Crippen LogP contribution is -2.54. The van der Waals surface area contributed by atoms with Gasteiger partial charge >= 0.3 is 0 Å². The van der Waals surface area contributed by atoms with Gasteiger partial charge in [-0.15, -0.1) is 0 Å². The van der Waals surface area contributed by atoms with Crippen LogP contribution in [0.3, 0.4) is 0 Å². The lowest BCUT2D eigenvalue weighted by molar-refractivity contribution is 0.0447. The van der Waals surface area contributed by atoms with Gasteiger partial charge in [0.1, 0.15) is 0 Å². The Labute approximate surface area is 168 Å². The molecule has 0 aliphatic rings. The first-order valence-electron chi connectivity index (χ1n) is 9.85. The minimum atomic E-state index is -0.345. The standard InChI is InChI=1S/C24H32N2O2/c1-8-19-9-11-20(12-10-19)22(27)26(25-18(4)24(5,6)7)23(28)21-14-16(2)13-17(3)15-21/h9-15,18,25H,8H2,1-7H3. The number of benzene rings is 2. The molecule has 150 valence electrons. The monoisotopic (exact) mass is 380 g/mol. The van der Waals surface area contributed by atoms with Gasteiger partial charge in [-0.2, -0.15) is 0 Å². The number of carbonyl (C=O) groups is 2. The Bertz CT molecular complexity index is 828. The smallest absolute Gasteiger partial charge is 0.267 e. The van der Waals surface area contributed by atoms with Crippen molar-refractivity contribution in [2.24, 2.45) is 5.41 Å². The van der Waals surface area contributed by atoms with Gasteiger partial charge in [-0.05, 0) is 62.4 Å². The molecule has 0 aromatic heterocycles. The fraction of sp³-hybridized carbons (Fsp3) is 0.417. The highest BCUT2D eigenvalue weighted by Gasteiger charge is 2.30. The second-order valence-corrected chi connectivity index (χ2v) is 8.59. The lowest BCUT2D eigenvalue weighted by atomic mass is 9.88. The summed E-state index contributed by atoms with van der Waals surface area (Å²) in [5.41, 5.74) is 7.17. The van der Waals surface area contributed by atoms with Gasteiger partial charge in [0.15, 0.2) is 0 Å². The van der Waals surface area contributed by atoms with Crippen molar-refractivity contribution in [1.82, 2.24) is 10.4 Å². The first-order valence-corrected chi connectivity index (χ1v) is 9.85. The molecule has 0 radical (unpaired) electrons. The van der Waals surface area contributed by atoms with Crippen molar-refractivity contribution in [3.63, 3.8) is 0 Å². The van der Waals surface area contributed by atoms with Crippen LogP contribution in [0.5, 0.6) is 0 Å². The largest absolute Gasteiger partial charge is 0.275 e. The number of aryl methyl sites for hydroxylation is 3. The maximum Gasteiger partial charge on any atom is 0.275 e. The summed E-state index contributed by atoms with van der Waals surface area (Å²) in [5.74, 6) is -0.685. The molecule has 1 unspecified atom stereocenters. The Morgan fingerprint density at radius 3 is 1.89 bits per heavy atom. The topological polar surface area (TPSA) is 49.4 Å². The first-order chi connectivity index (χ1) is 13.0. The number of nitrogens with one attached hydrogen (secondary N) is 1. The summed E-state index contributed by atoms with van der Waals surface area (Å²) in [6, 6.07) is 13.0. The Kier molecular flexibility index (Phi) is 6.78. The third-order valence-electron chi connectivity index (χ3n) is 5.11. The molecule has 4 nitrogen and oxygen atoms in total. The maximum atomic E-state index is 13.3. The summed E-state index contributed by atoms with van der Waals surface area (Å²) in [7, 11) is 0. The molecule has 0 heterocycles. The molecular formula is C24H32N2O2. The molecule has 0 saturated heterocycles. The molecule has 4 heteroatoms. The second kappa shape index (κ2) is 8.70. The summed E-state index contributed by atoms with van der Waals surface area (Å²) in [6.45, 7) is 14.2. The Hall–Kier alpha value is -2.46. The molecule has 2 aromatic rings. The number of hydrogen-bond acceptors (Lipinski definition) is 3. The zero-order valence-electron chi connectivity index (χ0n) is 18.1. The Morgan fingerprint density at radius 1 is 0.929 bits per heavy atom. The van der Waals surface area contributed by atoms with E-state index in [9.17, 15) is 9.59 Å². The molecule has 1 N–H and O–H groups in total. The molecule has 0 fully saturated rings. The molecule has 0 aliphatic heterocycles. The van der Waals surface area contributed by atoms with Crippen LogP contribution in [0.1, 0.15) is 72.0 Å². The van der Waals surface area contributed by atoms with Crippen molar-refractivity contribution >= 4 is 11.8 Å². The number of amides is 2. The number of rotatable bonds is 5. The SMILES string of the molecule is CCc1ccc(C(=O)N(NC(C)C(C)(C)C)C(=O)c2cc(C)cc(C)c2)cc1. The number of hydrazine groups is 1. The van der Waals surface area contributed by atoms with E-state index in [1.807, 2.05) is 51.1 Å². The molecule has 0 saturated carbocycles. The van der Waals surface area contributed by atoms with Crippen LogP contribution in [0.4, 0.5) is 0 Å². The Balaban J connectivity index is 2.42. The van der Waals surface area contributed by atoms with Crippen molar-refractivity contribution in [2.75, 3.05) is 0 Å². The number of imide groups is 1. The highest BCUT2D eigenvalue weighted by Crippen LogP contribution is 2.21. The van der Waals surface area contributed by atoms with Crippen LogP contribution in [-0.4, -0.2) is 22.9 Å². The molecule has 0 aliphatic carbocycles. The third kappa shape index (κ3) is 5.29. The molecular weight excluding hydrogens is 348 g/mol. The molecule has 0 bridgehead atoms. The Morgan fingerprint density at radius 2 is 1.43 bits per heavy atom. The second-order valence-electron chi connectivity index (χ2n) is 8.59. The van der Waals surface area contributed by atoms with E-state index >= 15 is 0 Å². The van der Waals surface area contributed by atoms with Gasteiger partial charge in [-0.25, -0.2) is 10.4 Å². The minimum absolute atomic E-state index is 0.0822. The van der Waals surface area contributed by atoms with Crippen LogP contribution in [0.2, 0.25) is 0 Å². The molecule has 2 aromatic carbocycles. The van der Waals surface area contributed by atoms with Crippen LogP contribution < -0.4 is 5.43 Å². The molecule has 0 spiro atoms. The van der Waals surface area contributed by atoms with Crippen LogP contribution in [-0.2, 0) is 6.42 Å². The van der Waals surface area contributed by atoms with Crippen LogP contribution in [0.25, 0.3) is 0 Å². The van der Waals surface area contributed by atoms with Gasteiger partial charge < -0.3 is 0 Å². The normalized spacial score (nSPS) is 12.5. The summed E-state index contributed by atoms with van der Waals surface area (Å²) >= 11 is 0. The zero-order chi connectivity index (χ0) is 21.1. The van der Waals surface area contributed by atoms with E-state index in [0.29, 0.717) is 11.1 Å². The highest BCUT2D eigenvalue weighted by atomic mass is 16.2. The summed E-state index contributed by atoms with van der Waals surface area (Å²) in [4.78, 5) is 26.5. The van der Waals surface area contributed by atoms with E-state index in [0.717, 1.165) is 23.1 Å². The van der Waals surface area contributed by atoms with E-state index < -0.39 is 0 Å². The maximum absolute atomic E-state index is 13.3. The van der Waals surface area contributed by atoms with E-state index in [2.05, 4.69) is 33.1 Å². The molecule has 1 atom stereocenters. The van der Waals surface area contributed by atoms with E-state index in [1.54, 1.807) is 12.1 Å². The van der Waals surface area contributed by atoms with E-state index in [-0.39, 0.29) is 23.3 Å². The number of hydrogen-bond donors (Lipinski definition) is 1. The summed E-state index contributed by atoms with van der Waals surface area (Å²) in [5, 5.41) is 1.17. The van der Waals surface area contributed by atoms with Gasteiger partial charge in [0.05, 0.1) is 0 Å². The zero-order valence-corrected chi connectivity index (χ0v) is 18.1. The third-order valence-corrected chi connectivity index (χ3v) is 5.11. The minimum Gasteiger partial charge on any atom is -0.267 e. The van der Waals surface area contributed by atoms with Crippen LogP contribution in [0.15, 0.2) is 42.5 Å². The van der Waals surface area contributed by atoms with Crippen molar-refractivity contribution in [2.45, 2.75) is 60.9 Å². The average molecular weight is 381 g/mol. The van der Waals surface area contributed by atoms with Gasteiger partial charge in [0, 0.05) is 17.2 Å². The predicted molar refractivity (Wildman–Crippen MR) is 114 cm³/mol. The predicted octanol–water partition coefficient (Wildman–Crippen LogP) is 5.09. The number of carbonyl (C=O) groups excluding carboxylic acids is 2. The molecule has 2 rings (SSSR count). The fourth-order valence-corrected chi connectivity index (χ4v) is 2.84. The van der Waals surface area contributed by atoms with Gasteiger partial charge in [0.25, 0.3) is 11.8 Å². The van der Waals surface area contributed by atoms with Crippen molar-refractivity contribution in [3.05, 3.63) is 70.3 Å². The fourth-order valence-electron chi connectivity index (χ4n) is 2.84. The average Bonchev–Trinajstić information content (AvgIpc) is 2.63. The summed E-state index contributed by atoms with van der Waals surface area (Å²) < 4.78 is 0. The molecule has 28 heavy (non-hydrogen) atoms. The van der Waals surface area contributed by atoms with E-state index in [1.165, 1.54) is 5.01 Å². The molecule has 2 amide bonds. The van der Waals surface area contributed by atoms with Gasteiger partial charge in [0.2, 0.25) is 0 Å². The van der Waals surface area contributed by atoms with Crippen LogP contribution in [0, 0.1) is 19.3 Å². The quantitative estimate of drug-likeness (QED) is 0.581.